The van der Waals surface area contributed by atoms with Gasteiger partial charge in [-0.15, -0.1) is 0 Å². The maximum atomic E-state index is 12.4. The topological polar surface area (TPSA) is 87.5 Å². The number of anilines is 4. The largest absolute Gasteiger partial charge is 0.494 e. The van der Waals surface area contributed by atoms with Crippen molar-refractivity contribution >= 4 is 39.8 Å². The molecule has 0 saturated heterocycles. The van der Waals surface area contributed by atoms with Crippen molar-refractivity contribution in [2.45, 2.75) is 20.3 Å². The van der Waals surface area contributed by atoms with Gasteiger partial charge in [-0.3, -0.25) is 4.79 Å². The number of aromatic nitrogens is 3. The SMILES string of the molecule is CCC(=O)Nc1cc(Nc2nccc(-c3cn(C)c4ccccc34)n2)c(OC)cc1N(C)CCN(C)CC. The quantitative estimate of drug-likeness (QED) is 0.287. The molecule has 0 fully saturated rings. The maximum Gasteiger partial charge on any atom is 0.227 e. The Labute approximate surface area is 224 Å². The van der Waals surface area contributed by atoms with Gasteiger partial charge >= 0.3 is 0 Å². The monoisotopic (exact) mass is 515 g/mol. The Morgan fingerprint density at radius 3 is 2.61 bits per heavy atom. The van der Waals surface area contributed by atoms with Gasteiger partial charge in [0.15, 0.2) is 0 Å². The van der Waals surface area contributed by atoms with Gasteiger partial charge in [0.2, 0.25) is 11.9 Å². The molecule has 9 nitrogen and oxygen atoms in total. The summed E-state index contributed by atoms with van der Waals surface area (Å²) in [5.41, 5.74) is 5.23. The summed E-state index contributed by atoms with van der Waals surface area (Å²) in [7, 11) is 7.77. The molecule has 1 amide bonds. The number of fused-ring (bicyclic) bond motifs is 1. The van der Waals surface area contributed by atoms with Crippen molar-refractivity contribution in [1.29, 1.82) is 0 Å². The molecule has 38 heavy (non-hydrogen) atoms. The highest BCUT2D eigenvalue weighted by atomic mass is 16.5. The minimum absolute atomic E-state index is 0.0596. The van der Waals surface area contributed by atoms with Crippen LogP contribution in [0.15, 0.2) is 54.9 Å². The zero-order chi connectivity index (χ0) is 27.2. The molecule has 2 N–H and O–H groups in total. The number of carbonyl (C=O) groups excluding carboxylic acids is 1. The first-order chi connectivity index (χ1) is 18.3. The Hall–Kier alpha value is -4.11. The number of carbonyl (C=O) groups is 1. The summed E-state index contributed by atoms with van der Waals surface area (Å²) < 4.78 is 7.84. The lowest BCUT2D eigenvalue weighted by Gasteiger charge is -2.26. The first-order valence-corrected chi connectivity index (χ1v) is 12.9. The Morgan fingerprint density at radius 1 is 1.08 bits per heavy atom. The second-order valence-electron chi connectivity index (χ2n) is 9.35. The Kier molecular flexibility index (Phi) is 8.48. The van der Waals surface area contributed by atoms with E-state index in [1.807, 2.05) is 51.4 Å². The molecule has 2 aromatic carbocycles. The van der Waals surface area contributed by atoms with Gasteiger partial charge in [-0.2, -0.15) is 0 Å². The van der Waals surface area contributed by atoms with Crippen LogP contribution in [0.5, 0.6) is 5.75 Å². The van der Waals surface area contributed by atoms with Crippen molar-refractivity contribution in [3.8, 4) is 17.0 Å². The highest BCUT2D eigenvalue weighted by Crippen LogP contribution is 2.38. The number of likely N-dealkylation sites (N-methyl/N-ethyl adjacent to an activating group) is 2. The summed E-state index contributed by atoms with van der Waals surface area (Å²) in [4.78, 5) is 26.0. The van der Waals surface area contributed by atoms with Crippen LogP contribution in [0.3, 0.4) is 0 Å². The Morgan fingerprint density at radius 2 is 1.87 bits per heavy atom. The van der Waals surface area contributed by atoms with Crippen LogP contribution in [0.4, 0.5) is 23.0 Å². The van der Waals surface area contributed by atoms with Gasteiger partial charge in [0, 0.05) is 68.5 Å². The number of ether oxygens (including phenoxy) is 1. The van der Waals surface area contributed by atoms with Gasteiger partial charge in [0.25, 0.3) is 0 Å². The number of para-hydroxylation sites is 1. The zero-order valence-corrected chi connectivity index (χ0v) is 23.1. The number of rotatable bonds is 11. The third kappa shape index (κ3) is 5.89. The predicted molar refractivity (Wildman–Crippen MR) is 156 cm³/mol. The molecule has 0 unspecified atom stereocenters. The first kappa shape index (κ1) is 26.9. The van der Waals surface area contributed by atoms with Crippen LogP contribution in [0.2, 0.25) is 0 Å². The summed E-state index contributed by atoms with van der Waals surface area (Å²) in [6.07, 6.45) is 4.20. The fourth-order valence-electron chi connectivity index (χ4n) is 4.32. The minimum atomic E-state index is -0.0596. The molecule has 0 saturated carbocycles. The lowest BCUT2D eigenvalue weighted by molar-refractivity contribution is -0.115. The second kappa shape index (κ2) is 12.0. The molecule has 0 bridgehead atoms. The van der Waals surface area contributed by atoms with Crippen LogP contribution in [0.1, 0.15) is 20.3 Å². The number of hydrogen-bond donors (Lipinski definition) is 2. The molecule has 4 rings (SSSR count). The van der Waals surface area contributed by atoms with E-state index in [0.717, 1.165) is 47.5 Å². The molecule has 4 aromatic rings. The van der Waals surface area contributed by atoms with Crippen LogP contribution >= 0.6 is 0 Å². The van der Waals surface area contributed by atoms with E-state index in [1.54, 1.807) is 13.3 Å². The molecular formula is C29H37N7O2. The lowest BCUT2D eigenvalue weighted by Crippen LogP contribution is -2.31. The number of benzene rings is 2. The molecule has 0 atom stereocenters. The van der Waals surface area contributed by atoms with Gasteiger partial charge in [0.1, 0.15) is 5.75 Å². The number of nitrogens with zero attached hydrogens (tertiary/aromatic N) is 5. The van der Waals surface area contributed by atoms with Gasteiger partial charge in [-0.05, 0) is 31.8 Å². The summed E-state index contributed by atoms with van der Waals surface area (Å²) in [6.45, 7) is 6.63. The van der Waals surface area contributed by atoms with Gasteiger partial charge in [-0.25, -0.2) is 9.97 Å². The maximum absolute atomic E-state index is 12.4. The second-order valence-corrected chi connectivity index (χ2v) is 9.35. The van der Waals surface area contributed by atoms with Gasteiger partial charge < -0.3 is 29.7 Å². The van der Waals surface area contributed by atoms with Crippen molar-refractivity contribution in [2.24, 2.45) is 7.05 Å². The molecule has 2 heterocycles. The van der Waals surface area contributed by atoms with Crippen LogP contribution in [-0.4, -0.2) is 66.2 Å². The summed E-state index contributed by atoms with van der Waals surface area (Å²) in [5.74, 6) is 1.01. The van der Waals surface area contributed by atoms with E-state index in [1.165, 1.54) is 0 Å². The fourth-order valence-corrected chi connectivity index (χ4v) is 4.32. The molecule has 2 aromatic heterocycles. The number of methoxy groups -OCH3 is 1. The van der Waals surface area contributed by atoms with E-state index in [-0.39, 0.29) is 5.91 Å². The number of aryl methyl sites for hydroxylation is 1. The summed E-state index contributed by atoms with van der Waals surface area (Å²) >= 11 is 0. The minimum Gasteiger partial charge on any atom is -0.494 e. The number of nitrogens with one attached hydrogen (secondary N) is 2. The van der Waals surface area contributed by atoms with Crippen LogP contribution in [0.25, 0.3) is 22.2 Å². The average molecular weight is 516 g/mol. The Balaban J connectivity index is 1.68. The fraction of sp³-hybridized carbons (Fsp3) is 0.345. The third-order valence-corrected chi connectivity index (χ3v) is 6.76. The molecule has 200 valence electrons. The van der Waals surface area contributed by atoms with Gasteiger partial charge in [0.05, 0.1) is 29.9 Å². The lowest BCUT2D eigenvalue weighted by atomic mass is 10.1. The van der Waals surface area contributed by atoms with Crippen LogP contribution in [0, 0.1) is 0 Å². The van der Waals surface area contributed by atoms with Crippen molar-refractivity contribution in [3.05, 3.63) is 54.9 Å². The van der Waals surface area contributed by atoms with Crippen molar-refractivity contribution in [1.82, 2.24) is 19.4 Å². The van der Waals surface area contributed by atoms with E-state index in [4.69, 9.17) is 9.72 Å². The standard InChI is InChI=1S/C29H37N7O2/c1-7-28(37)31-23-17-24(27(38-6)18-26(23)35(4)16-15-34(3)8-2)33-29-30-14-13-22(32-29)21-19-36(5)25-12-10-9-11-20(21)25/h9-14,17-19H,7-8,15-16H2,1-6H3,(H,31,37)(H,30,32,33). The molecular weight excluding hydrogens is 478 g/mol. The third-order valence-electron chi connectivity index (χ3n) is 6.76. The molecule has 9 heteroatoms. The normalized spacial score (nSPS) is 11.1. The molecule has 0 aliphatic carbocycles. The molecule has 0 radical (unpaired) electrons. The highest BCUT2D eigenvalue weighted by Gasteiger charge is 2.17. The van der Waals surface area contributed by atoms with E-state index in [9.17, 15) is 4.79 Å². The number of hydrogen-bond acceptors (Lipinski definition) is 7. The summed E-state index contributed by atoms with van der Waals surface area (Å²) in [6, 6.07) is 14.0. The van der Waals surface area contributed by atoms with E-state index in [0.29, 0.717) is 29.5 Å². The van der Waals surface area contributed by atoms with Crippen LogP contribution < -0.4 is 20.3 Å². The molecule has 0 aliphatic rings. The highest BCUT2D eigenvalue weighted by molar-refractivity contribution is 5.97. The molecule has 0 aliphatic heterocycles. The smallest absolute Gasteiger partial charge is 0.227 e. The zero-order valence-electron chi connectivity index (χ0n) is 23.1. The van der Waals surface area contributed by atoms with E-state index < -0.39 is 0 Å². The predicted octanol–water partition coefficient (Wildman–Crippen LogP) is 5.12. The first-order valence-electron chi connectivity index (χ1n) is 12.9. The molecule has 0 spiro atoms. The summed E-state index contributed by atoms with van der Waals surface area (Å²) in [5, 5.41) is 7.49. The van der Waals surface area contributed by atoms with Crippen molar-refractivity contribution in [2.75, 3.05) is 56.4 Å². The Bertz CT molecular complexity index is 1420. The average Bonchev–Trinajstić information content (AvgIpc) is 3.28. The van der Waals surface area contributed by atoms with E-state index >= 15 is 0 Å². The van der Waals surface area contributed by atoms with E-state index in [2.05, 4.69) is 62.3 Å². The van der Waals surface area contributed by atoms with Crippen molar-refractivity contribution < 1.29 is 9.53 Å². The van der Waals surface area contributed by atoms with Crippen LogP contribution in [-0.2, 0) is 11.8 Å². The van der Waals surface area contributed by atoms with Crippen molar-refractivity contribution in [3.63, 3.8) is 0 Å². The number of amides is 1. The van der Waals surface area contributed by atoms with Gasteiger partial charge in [-0.1, -0.05) is 32.0 Å².